The van der Waals surface area contributed by atoms with E-state index in [4.69, 9.17) is 23.2 Å². The number of anilines is 2. The summed E-state index contributed by atoms with van der Waals surface area (Å²) in [7, 11) is 0. The molecule has 0 radical (unpaired) electrons. The van der Waals surface area contributed by atoms with Crippen LogP contribution in [0.25, 0.3) is 0 Å². The molecule has 132 valence electrons. The maximum absolute atomic E-state index is 12.6. The highest BCUT2D eigenvalue weighted by molar-refractivity contribution is 6.44. The molecular formula is C18H20Cl2N4O. The summed E-state index contributed by atoms with van der Waals surface area (Å²) in [6, 6.07) is 6.85. The molecule has 1 fully saturated rings. The number of nitrogens with zero attached hydrogens (tertiary/aromatic N) is 3. The summed E-state index contributed by atoms with van der Waals surface area (Å²) in [6.45, 7) is 3.71. The number of carbonyl (C=O) groups is 1. The van der Waals surface area contributed by atoms with Gasteiger partial charge in [-0.15, -0.1) is 0 Å². The monoisotopic (exact) mass is 378 g/mol. The quantitative estimate of drug-likeness (QED) is 0.838. The van der Waals surface area contributed by atoms with E-state index in [0.717, 1.165) is 31.7 Å². The molecule has 7 heteroatoms. The fourth-order valence-corrected chi connectivity index (χ4v) is 3.26. The summed E-state index contributed by atoms with van der Waals surface area (Å²) in [5, 5.41) is 3.48. The van der Waals surface area contributed by atoms with Crippen LogP contribution in [0.5, 0.6) is 0 Å². The lowest BCUT2D eigenvalue weighted by Crippen LogP contribution is -2.26. The Hall–Kier alpha value is -1.85. The van der Waals surface area contributed by atoms with Crippen molar-refractivity contribution in [3.8, 4) is 0 Å². The molecule has 3 rings (SSSR count). The van der Waals surface area contributed by atoms with Crippen LogP contribution in [-0.2, 0) is 0 Å². The Morgan fingerprint density at radius 2 is 1.84 bits per heavy atom. The van der Waals surface area contributed by atoms with Crippen LogP contribution in [0, 0.1) is 6.92 Å². The predicted octanol–water partition coefficient (Wildman–Crippen LogP) is 4.72. The summed E-state index contributed by atoms with van der Waals surface area (Å²) in [4.78, 5) is 23.6. The molecule has 25 heavy (non-hydrogen) atoms. The number of hydrogen-bond donors (Lipinski definition) is 1. The summed E-state index contributed by atoms with van der Waals surface area (Å²) < 4.78 is 0. The number of nitrogens with one attached hydrogen (secondary N) is 1. The van der Waals surface area contributed by atoms with Crippen LogP contribution >= 0.6 is 23.2 Å². The van der Waals surface area contributed by atoms with Crippen LogP contribution in [-0.4, -0.2) is 29.0 Å². The average molecular weight is 379 g/mol. The molecule has 2 aromatic rings. The zero-order valence-corrected chi connectivity index (χ0v) is 15.6. The van der Waals surface area contributed by atoms with Gasteiger partial charge in [0.1, 0.15) is 17.3 Å². The van der Waals surface area contributed by atoms with E-state index in [1.54, 1.807) is 31.2 Å². The van der Waals surface area contributed by atoms with E-state index in [1.807, 2.05) is 0 Å². The Kier molecular flexibility index (Phi) is 5.76. The van der Waals surface area contributed by atoms with E-state index in [0.29, 0.717) is 27.3 Å². The second kappa shape index (κ2) is 8.02. The van der Waals surface area contributed by atoms with Crippen molar-refractivity contribution in [2.24, 2.45) is 0 Å². The van der Waals surface area contributed by atoms with Gasteiger partial charge in [-0.25, -0.2) is 9.97 Å². The van der Waals surface area contributed by atoms with Crippen molar-refractivity contribution < 1.29 is 4.79 Å². The molecule has 0 spiro atoms. The van der Waals surface area contributed by atoms with Crippen molar-refractivity contribution in [3.63, 3.8) is 0 Å². The Morgan fingerprint density at radius 1 is 1.12 bits per heavy atom. The average Bonchev–Trinajstić information content (AvgIpc) is 2.88. The van der Waals surface area contributed by atoms with E-state index >= 15 is 0 Å². The molecule has 0 saturated carbocycles. The summed E-state index contributed by atoms with van der Waals surface area (Å²) in [5.74, 6) is 1.05. The highest BCUT2D eigenvalue weighted by Gasteiger charge is 2.17. The zero-order chi connectivity index (χ0) is 17.8. The van der Waals surface area contributed by atoms with Gasteiger partial charge in [-0.3, -0.25) is 4.79 Å². The minimum atomic E-state index is -0.328. The van der Waals surface area contributed by atoms with Gasteiger partial charge in [-0.2, -0.15) is 0 Å². The minimum absolute atomic E-state index is 0.316. The third-order valence-corrected chi connectivity index (χ3v) is 5.01. The van der Waals surface area contributed by atoms with E-state index in [2.05, 4.69) is 20.2 Å². The number of amides is 1. The van der Waals surface area contributed by atoms with Crippen LogP contribution in [0.3, 0.4) is 0 Å². The third kappa shape index (κ3) is 4.41. The fraction of sp³-hybridized carbons (Fsp3) is 0.389. The maximum atomic E-state index is 12.6. The number of benzene rings is 1. The number of hydrogen-bond acceptors (Lipinski definition) is 4. The number of aryl methyl sites for hydroxylation is 1. The summed E-state index contributed by atoms with van der Waals surface area (Å²) in [5.41, 5.74) is 0.787. The first-order valence-electron chi connectivity index (χ1n) is 8.40. The highest BCUT2D eigenvalue weighted by Crippen LogP contribution is 2.30. The lowest BCUT2D eigenvalue weighted by Gasteiger charge is -2.22. The van der Waals surface area contributed by atoms with E-state index in [9.17, 15) is 4.79 Å². The van der Waals surface area contributed by atoms with Crippen molar-refractivity contribution in [2.75, 3.05) is 23.3 Å². The second-order valence-corrected chi connectivity index (χ2v) is 6.90. The minimum Gasteiger partial charge on any atom is -0.356 e. The molecule has 1 aromatic carbocycles. The predicted molar refractivity (Wildman–Crippen MR) is 102 cm³/mol. The van der Waals surface area contributed by atoms with E-state index < -0.39 is 0 Å². The molecule has 0 aliphatic carbocycles. The topological polar surface area (TPSA) is 58.1 Å². The Balaban J connectivity index is 1.83. The largest absolute Gasteiger partial charge is 0.356 e. The second-order valence-electron chi connectivity index (χ2n) is 6.12. The lowest BCUT2D eigenvalue weighted by atomic mass is 10.2. The van der Waals surface area contributed by atoms with Gasteiger partial charge in [0.2, 0.25) is 0 Å². The lowest BCUT2D eigenvalue weighted by molar-refractivity contribution is 0.102. The molecular weight excluding hydrogens is 359 g/mol. The molecule has 2 heterocycles. The molecule has 1 aliphatic rings. The van der Waals surface area contributed by atoms with E-state index in [-0.39, 0.29) is 5.91 Å². The fourth-order valence-electron chi connectivity index (χ4n) is 2.92. The van der Waals surface area contributed by atoms with Gasteiger partial charge in [-0.05, 0) is 31.9 Å². The van der Waals surface area contributed by atoms with Gasteiger partial charge in [0, 0.05) is 19.2 Å². The van der Waals surface area contributed by atoms with Crippen LogP contribution in [0.1, 0.15) is 42.0 Å². The van der Waals surface area contributed by atoms with Crippen molar-refractivity contribution in [3.05, 3.63) is 45.8 Å². The third-order valence-electron chi connectivity index (χ3n) is 4.19. The summed E-state index contributed by atoms with van der Waals surface area (Å²) >= 11 is 12.1. The van der Waals surface area contributed by atoms with Crippen molar-refractivity contribution in [1.82, 2.24) is 9.97 Å². The molecule has 1 N–H and O–H groups in total. The number of halogens is 2. The Bertz CT molecular complexity index is 774. The molecule has 0 atom stereocenters. The van der Waals surface area contributed by atoms with Gasteiger partial charge in [0.25, 0.3) is 5.91 Å². The summed E-state index contributed by atoms with van der Waals surface area (Å²) in [6.07, 6.45) is 4.76. The SMILES string of the molecule is Cc1nc(C(=O)Nc2cccc(Cl)c2Cl)cc(N2CCCCCC2)n1. The van der Waals surface area contributed by atoms with Gasteiger partial charge in [0.05, 0.1) is 15.7 Å². The van der Waals surface area contributed by atoms with Crippen molar-refractivity contribution in [2.45, 2.75) is 32.6 Å². The van der Waals surface area contributed by atoms with Gasteiger partial charge in [0.15, 0.2) is 0 Å². The first-order valence-corrected chi connectivity index (χ1v) is 9.16. The number of aromatic nitrogens is 2. The van der Waals surface area contributed by atoms with Crippen LogP contribution in [0.4, 0.5) is 11.5 Å². The maximum Gasteiger partial charge on any atom is 0.274 e. The van der Waals surface area contributed by atoms with Crippen LogP contribution < -0.4 is 10.2 Å². The molecule has 0 unspecified atom stereocenters. The standard InChI is InChI=1S/C18H20Cl2N4O/c1-12-21-15(11-16(22-12)24-9-4-2-3-5-10-24)18(25)23-14-8-6-7-13(19)17(14)20/h6-8,11H,2-5,9-10H2,1H3,(H,23,25). The molecule has 1 amide bonds. The van der Waals surface area contributed by atoms with Gasteiger partial charge < -0.3 is 10.2 Å². The van der Waals surface area contributed by atoms with Crippen LogP contribution in [0.15, 0.2) is 24.3 Å². The Morgan fingerprint density at radius 3 is 2.56 bits per heavy atom. The first kappa shape index (κ1) is 18.0. The highest BCUT2D eigenvalue weighted by atomic mass is 35.5. The van der Waals surface area contributed by atoms with E-state index in [1.165, 1.54) is 12.8 Å². The molecule has 5 nitrogen and oxygen atoms in total. The Labute approximate surface area is 157 Å². The van der Waals surface area contributed by atoms with Gasteiger partial charge in [-0.1, -0.05) is 42.1 Å². The van der Waals surface area contributed by atoms with Crippen molar-refractivity contribution in [1.29, 1.82) is 0 Å². The molecule has 1 aromatic heterocycles. The number of rotatable bonds is 3. The smallest absolute Gasteiger partial charge is 0.274 e. The molecule has 1 saturated heterocycles. The molecule has 0 bridgehead atoms. The van der Waals surface area contributed by atoms with Gasteiger partial charge >= 0.3 is 0 Å². The number of carbonyl (C=O) groups excluding carboxylic acids is 1. The molecule has 1 aliphatic heterocycles. The van der Waals surface area contributed by atoms with Crippen molar-refractivity contribution >= 4 is 40.6 Å². The van der Waals surface area contributed by atoms with Crippen LogP contribution in [0.2, 0.25) is 10.0 Å². The zero-order valence-electron chi connectivity index (χ0n) is 14.1. The first-order chi connectivity index (χ1) is 12.0. The normalized spacial score (nSPS) is 14.9.